The number of rotatable bonds is 2. The van der Waals surface area contributed by atoms with E-state index in [4.69, 9.17) is 0 Å². The summed E-state index contributed by atoms with van der Waals surface area (Å²) in [5.41, 5.74) is 4.17. The zero-order valence-corrected chi connectivity index (χ0v) is 6.99. The molecule has 3 nitrogen and oxygen atoms in total. The first-order valence-corrected chi connectivity index (χ1v) is 4.08. The Bertz CT molecular complexity index is 378. The predicted molar refractivity (Wildman–Crippen MR) is 49.6 cm³/mol. The van der Waals surface area contributed by atoms with Crippen molar-refractivity contribution in [3.8, 4) is 0 Å². The average Bonchev–Trinajstić information content (AvgIpc) is 2.50. The molecule has 0 saturated heterocycles. The van der Waals surface area contributed by atoms with Gasteiger partial charge in [0, 0.05) is 24.3 Å². The maximum Gasteiger partial charge on any atom is 0.158 e. The van der Waals surface area contributed by atoms with Crippen LogP contribution in [0.25, 0.3) is 11.0 Å². The second-order valence-corrected chi connectivity index (χ2v) is 2.61. The molecule has 0 spiro atoms. The van der Waals surface area contributed by atoms with E-state index in [1.807, 2.05) is 23.0 Å². The van der Waals surface area contributed by atoms with Crippen molar-refractivity contribution in [1.82, 2.24) is 9.66 Å². The molecule has 3 heteroatoms. The molecule has 0 radical (unpaired) electrons. The molecular formula is C9H11N3. The molecule has 0 bridgehead atoms. The minimum atomic E-state index is 0.903. The Morgan fingerprint density at radius 2 is 2.42 bits per heavy atom. The minimum absolute atomic E-state index is 0.903. The topological polar surface area (TPSA) is 29.9 Å². The summed E-state index contributed by atoms with van der Waals surface area (Å²) in [6, 6.07) is 6.04. The van der Waals surface area contributed by atoms with Gasteiger partial charge in [-0.05, 0) is 25.1 Å². The van der Waals surface area contributed by atoms with Gasteiger partial charge in [0.25, 0.3) is 0 Å². The van der Waals surface area contributed by atoms with Crippen molar-refractivity contribution >= 4 is 11.0 Å². The van der Waals surface area contributed by atoms with Crippen molar-refractivity contribution in [2.45, 2.75) is 6.92 Å². The highest BCUT2D eigenvalue weighted by Gasteiger charge is 1.97. The molecule has 0 unspecified atom stereocenters. The van der Waals surface area contributed by atoms with E-state index in [2.05, 4.69) is 23.4 Å². The Morgan fingerprint density at radius 3 is 3.25 bits per heavy atom. The van der Waals surface area contributed by atoms with Crippen molar-refractivity contribution in [2.75, 3.05) is 12.0 Å². The Morgan fingerprint density at radius 1 is 1.50 bits per heavy atom. The van der Waals surface area contributed by atoms with Gasteiger partial charge in [0.2, 0.25) is 0 Å². The van der Waals surface area contributed by atoms with E-state index >= 15 is 0 Å². The van der Waals surface area contributed by atoms with Gasteiger partial charge in [0.15, 0.2) is 5.65 Å². The molecule has 1 N–H and O–H groups in total. The number of nitrogens with one attached hydrogen (secondary N) is 1. The van der Waals surface area contributed by atoms with E-state index in [0.29, 0.717) is 0 Å². The van der Waals surface area contributed by atoms with Gasteiger partial charge < -0.3 is 5.43 Å². The first-order chi connectivity index (χ1) is 5.92. The Kier molecular flexibility index (Phi) is 1.70. The molecule has 0 aromatic carbocycles. The molecular weight excluding hydrogens is 150 g/mol. The lowest BCUT2D eigenvalue weighted by Gasteiger charge is -2.04. The second kappa shape index (κ2) is 2.85. The monoisotopic (exact) mass is 161 g/mol. The lowest BCUT2D eigenvalue weighted by Crippen LogP contribution is -2.12. The number of hydrogen-bond donors (Lipinski definition) is 1. The molecule has 2 aromatic heterocycles. The van der Waals surface area contributed by atoms with Crippen LogP contribution in [-0.2, 0) is 0 Å². The van der Waals surface area contributed by atoms with Crippen molar-refractivity contribution in [1.29, 1.82) is 0 Å². The van der Waals surface area contributed by atoms with Crippen LogP contribution in [0.15, 0.2) is 30.6 Å². The zero-order valence-electron chi connectivity index (χ0n) is 6.99. The zero-order chi connectivity index (χ0) is 8.39. The molecule has 0 aliphatic heterocycles. The fraction of sp³-hybridized carbons (Fsp3) is 0.222. The van der Waals surface area contributed by atoms with Crippen LogP contribution in [0.2, 0.25) is 0 Å². The fourth-order valence-electron chi connectivity index (χ4n) is 1.26. The number of fused-ring (bicyclic) bond motifs is 1. The van der Waals surface area contributed by atoms with Crippen LogP contribution in [0.1, 0.15) is 6.92 Å². The maximum absolute atomic E-state index is 4.26. The summed E-state index contributed by atoms with van der Waals surface area (Å²) >= 11 is 0. The maximum atomic E-state index is 4.26. The third kappa shape index (κ3) is 1.03. The van der Waals surface area contributed by atoms with E-state index in [-0.39, 0.29) is 0 Å². The van der Waals surface area contributed by atoms with Crippen molar-refractivity contribution in [3.63, 3.8) is 0 Å². The highest BCUT2D eigenvalue weighted by atomic mass is 15.4. The molecule has 0 fully saturated rings. The molecule has 0 atom stereocenters. The van der Waals surface area contributed by atoms with E-state index in [9.17, 15) is 0 Å². The molecule has 0 aliphatic rings. The lowest BCUT2D eigenvalue weighted by molar-refractivity contribution is 0.889. The summed E-state index contributed by atoms with van der Waals surface area (Å²) in [6.45, 7) is 2.97. The summed E-state index contributed by atoms with van der Waals surface area (Å²) in [7, 11) is 0. The van der Waals surface area contributed by atoms with Crippen LogP contribution in [0, 0.1) is 0 Å². The average molecular weight is 161 g/mol. The summed E-state index contributed by atoms with van der Waals surface area (Å²) in [6.07, 6.45) is 3.79. The molecule has 62 valence electrons. The van der Waals surface area contributed by atoms with Crippen LogP contribution in [-0.4, -0.2) is 16.2 Å². The van der Waals surface area contributed by atoms with E-state index in [0.717, 1.165) is 12.2 Å². The van der Waals surface area contributed by atoms with Gasteiger partial charge in [-0.15, -0.1) is 0 Å². The Labute approximate surface area is 71.0 Å². The first kappa shape index (κ1) is 7.16. The van der Waals surface area contributed by atoms with Crippen molar-refractivity contribution in [2.24, 2.45) is 0 Å². The second-order valence-electron chi connectivity index (χ2n) is 2.61. The van der Waals surface area contributed by atoms with Gasteiger partial charge in [-0.1, -0.05) is 0 Å². The summed E-state index contributed by atoms with van der Waals surface area (Å²) in [4.78, 5) is 4.26. The summed E-state index contributed by atoms with van der Waals surface area (Å²) in [5, 5.41) is 1.17. The number of nitrogens with zero attached hydrogens (tertiary/aromatic N) is 2. The van der Waals surface area contributed by atoms with Crippen LogP contribution < -0.4 is 5.43 Å². The Balaban J connectivity index is 2.55. The van der Waals surface area contributed by atoms with Crippen LogP contribution >= 0.6 is 0 Å². The molecule has 0 amide bonds. The quantitative estimate of drug-likeness (QED) is 0.725. The van der Waals surface area contributed by atoms with Gasteiger partial charge in [-0.25, -0.2) is 9.66 Å². The van der Waals surface area contributed by atoms with Crippen LogP contribution in [0.5, 0.6) is 0 Å². The van der Waals surface area contributed by atoms with Gasteiger partial charge in [0.1, 0.15) is 0 Å². The molecule has 0 aliphatic carbocycles. The number of hydrogen-bond acceptors (Lipinski definition) is 2. The van der Waals surface area contributed by atoms with Crippen molar-refractivity contribution < 1.29 is 0 Å². The predicted octanol–water partition coefficient (Wildman–Crippen LogP) is 1.60. The third-order valence-corrected chi connectivity index (χ3v) is 1.78. The third-order valence-electron chi connectivity index (χ3n) is 1.78. The van der Waals surface area contributed by atoms with Gasteiger partial charge in [-0.2, -0.15) is 0 Å². The normalized spacial score (nSPS) is 10.4. The van der Waals surface area contributed by atoms with Gasteiger partial charge >= 0.3 is 0 Å². The molecule has 12 heavy (non-hydrogen) atoms. The fourth-order valence-corrected chi connectivity index (χ4v) is 1.26. The lowest BCUT2D eigenvalue weighted by atomic mass is 10.3. The van der Waals surface area contributed by atoms with E-state index in [1.165, 1.54) is 5.39 Å². The SMILES string of the molecule is CCNn1ccc2cccnc21. The van der Waals surface area contributed by atoms with Crippen LogP contribution in [0.4, 0.5) is 0 Å². The molecule has 0 saturated carbocycles. The van der Waals surface area contributed by atoms with Gasteiger partial charge in [0.05, 0.1) is 0 Å². The summed E-state index contributed by atoms with van der Waals surface area (Å²) in [5.74, 6) is 0. The van der Waals surface area contributed by atoms with Crippen molar-refractivity contribution in [3.05, 3.63) is 30.6 Å². The molecule has 2 aromatic rings. The smallest absolute Gasteiger partial charge is 0.158 e. The minimum Gasteiger partial charge on any atom is -0.325 e. The van der Waals surface area contributed by atoms with Gasteiger partial charge in [-0.3, -0.25) is 0 Å². The summed E-state index contributed by atoms with van der Waals surface area (Å²) < 4.78 is 1.94. The standard InChI is InChI=1S/C9H11N3/c1-2-11-12-7-5-8-4-3-6-10-9(8)12/h3-7,11H,2H2,1H3. The van der Waals surface area contributed by atoms with Crippen LogP contribution in [0.3, 0.4) is 0 Å². The molecule has 2 heterocycles. The van der Waals surface area contributed by atoms with E-state index in [1.54, 1.807) is 6.20 Å². The largest absolute Gasteiger partial charge is 0.325 e. The highest BCUT2D eigenvalue weighted by molar-refractivity contribution is 5.75. The molecule has 2 rings (SSSR count). The van der Waals surface area contributed by atoms with E-state index < -0.39 is 0 Å². The number of pyridine rings is 1. The number of aromatic nitrogens is 2. The Hall–Kier alpha value is -1.51. The highest BCUT2D eigenvalue weighted by Crippen LogP contribution is 2.09. The first-order valence-electron chi connectivity index (χ1n) is 4.08.